The highest BCUT2D eigenvalue weighted by molar-refractivity contribution is 5.86. The quantitative estimate of drug-likeness (QED) is 0.639. The van der Waals surface area contributed by atoms with Gasteiger partial charge in [-0.15, -0.1) is 0 Å². The van der Waals surface area contributed by atoms with Gasteiger partial charge in [0.1, 0.15) is 0 Å². The predicted molar refractivity (Wildman–Crippen MR) is 75.7 cm³/mol. The maximum absolute atomic E-state index is 4.68. The number of hydrogen-bond acceptors (Lipinski definition) is 2. The second-order valence-electron chi connectivity index (χ2n) is 4.64. The van der Waals surface area contributed by atoms with Gasteiger partial charge in [0, 0.05) is 0 Å². The fourth-order valence-electron chi connectivity index (χ4n) is 2.20. The summed E-state index contributed by atoms with van der Waals surface area (Å²) in [6, 6.07) is 14.4. The summed E-state index contributed by atoms with van der Waals surface area (Å²) < 4.78 is 0. The van der Waals surface area contributed by atoms with Crippen molar-refractivity contribution in [3.05, 3.63) is 48.0 Å². The van der Waals surface area contributed by atoms with E-state index in [2.05, 4.69) is 35.1 Å². The molecule has 0 N–H and O–H groups in total. The van der Waals surface area contributed by atoms with Crippen LogP contribution in [0.1, 0.15) is 25.3 Å². The molecule has 0 spiro atoms. The van der Waals surface area contributed by atoms with E-state index in [4.69, 9.17) is 0 Å². The molecule has 3 aromatic rings. The molecule has 2 aromatic carbocycles. The van der Waals surface area contributed by atoms with Gasteiger partial charge in [-0.05, 0) is 42.7 Å². The average molecular weight is 236 g/mol. The number of benzene rings is 2. The third kappa shape index (κ3) is 2.06. The fourth-order valence-corrected chi connectivity index (χ4v) is 2.20. The van der Waals surface area contributed by atoms with Gasteiger partial charge < -0.3 is 0 Å². The first-order valence-corrected chi connectivity index (χ1v) is 6.52. The summed E-state index contributed by atoms with van der Waals surface area (Å²) in [7, 11) is 0. The van der Waals surface area contributed by atoms with Gasteiger partial charge in [-0.3, -0.25) is 0 Å². The van der Waals surface area contributed by atoms with Crippen molar-refractivity contribution in [3.63, 3.8) is 0 Å². The Morgan fingerprint density at radius 1 is 0.833 bits per heavy atom. The molecule has 0 saturated heterocycles. The van der Waals surface area contributed by atoms with Crippen molar-refractivity contribution < 1.29 is 0 Å². The van der Waals surface area contributed by atoms with Crippen molar-refractivity contribution in [2.75, 3.05) is 0 Å². The van der Waals surface area contributed by atoms with Gasteiger partial charge in [-0.25, -0.2) is 9.97 Å². The Bertz CT molecular complexity index is 689. The van der Waals surface area contributed by atoms with Crippen LogP contribution in [0.25, 0.3) is 22.1 Å². The van der Waals surface area contributed by atoms with E-state index in [0.29, 0.717) is 0 Å². The number of nitrogens with zero attached hydrogens (tertiary/aromatic N) is 2. The van der Waals surface area contributed by atoms with Crippen LogP contribution in [0.15, 0.2) is 42.5 Å². The Morgan fingerprint density at radius 2 is 1.50 bits per heavy atom. The molecule has 0 aliphatic heterocycles. The molecule has 2 nitrogen and oxygen atoms in total. The minimum absolute atomic E-state index is 0.964. The predicted octanol–water partition coefficient (Wildman–Crippen LogP) is 4.13. The molecule has 1 aromatic heterocycles. The molecular formula is C16H16N2. The minimum atomic E-state index is 0.964. The molecule has 0 atom stereocenters. The zero-order valence-corrected chi connectivity index (χ0v) is 10.6. The van der Waals surface area contributed by atoms with Crippen LogP contribution in [-0.4, -0.2) is 9.97 Å². The van der Waals surface area contributed by atoms with Crippen molar-refractivity contribution in [2.45, 2.75) is 26.2 Å². The molecule has 90 valence electrons. The first kappa shape index (κ1) is 11.1. The molecule has 18 heavy (non-hydrogen) atoms. The molecular weight excluding hydrogens is 220 g/mol. The Morgan fingerprint density at radius 3 is 2.22 bits per heavy atom. The zero-order valence-electron chi connectivity index (χ0n) is 10.6. The van der Waals surface area contributed by atoms with Crippen LogP contribution in [-0.2, 0) is 6.42 Å². The van der Waals surface area contributed by atoms with Gasteiger partial charge in [0.05, 0.1) is 22.1 Å². The summed E-state index contributed by atoms with van der Waals surface area (Å²) in [5, 5.41) is 0. The highest BCUT2D eigenvalue weighted by Crippen LogP contribution is 2.18. The number of fused-ring (bicyclic) bond motifs is 2. The largest absolute Gasteiger partial charge is 0.245 e. The van der Waals surface area contributed by atoms with Crippen molar-refractivity contribution >= 4 is 22.1 Å². The number of aryl methyl sites for hydroxylation is 1. The first-order valence-electron chi connectivity index (χ1n) is 6.52. The number of unbranched alkanes of at least 4 members (excludes halogenated alkanes) is 1. The Labute approximate surface area is 107 Å². The van der Waals surface area contributed by atoms with Gasteiger partial charge in [-0.2, -0.15) is 0 Å². The van der Waals surface area contributed by atoms with E-state index < -0.39 is 0 Å². The van der Waals surface area contributed by atoms with Crippen molar-refractivity contribution in [3.8, 4) is 0 Å². The number of rotatable bonds is 3. The molecule has 0 fully saturated rings. The highest BCUT2D eigenvalue weighted by Gasteiger charge is 2.02. The maximum Gasteiger partial charge on any atom is 0.0897 e. The molecule has 0 unspecified atom stereocenters. The second kappa shape index (κ2) is 4.73. The molecule has 0 amide bonds. The van der Waals surface area contributed by atoms with E-state index in [0.717, 1.165) is 28.5 Å². The van der Waals surface area contributed by atoms with E-state index >= 15 is 0 Å². The average Bonchev–Trinajstić information content (AvgIpc) is 2.42. The molecule has 0 bridgehead atoms. The van der Waals surface area contributed by atoms with E-state index in [1.165, 1.54) is 18.4 Å². The minimum Gasteiger partial charge on any atom is -0.245 e. The van der Waals surface area contributed by atoms with E-state index in [9.17, 15) is 0 Å². The molecule has 0 saturated carbocycles. The lowest BCUT2D eigenvalue weighted by atomic mass is 10.1. The lowest BCUT2D eigenvalue weighted by Gasteiger charge is -2.04. The van der Waals surface area contributed by atoms with Crippen LogP contribution in [0.4, 0.5) is 0 Å². The third-order valence-electron chi connectivity index (χ3n) is 3.22. The highest BCUT2D eigenvalue weighted by atomic mass is 14.8. The van der Waals surface area contributed by atoms with Gasteiger partial charge >= 0.3 is 0 Å². The second-order valence-corrected chi connectivity index (χ2v) is 4.64. The van der Waals surface area contributed by atoms with Crippen molar-refractivity contribution in [1.29, 1.82) is 0 Å². The molecule has 0 radical (unpaired) electrons. The molecule has 3 rings (SSSR count). The smallest absolute Gasteiger partial charge is 0.0897 e. The summed E-state index contributed by atoms with van der Waals surface area (Å²) in [4.78, 5) is 9.32. The summed E-state index contributed by atoms with van der Waals surface area (Å²) in [5.41, 5.74) is 5.27. The lowest BCUT2D eigenvalue weighted by molar-refractivity contribution is 0.795. The number of aromatic nitrogens is 2. The summed E-state index contributed by atoms with van der Waals surface area (Å²) in [6.45, 7) is 2.22. The monoisotopic (exact) mass is 236 g/mol. The van der Waals surface area contributed by atoms with Crippen molar-refractivity contribution in [2.24, 2.45) is 0 Å². The maximum atomic E-state index is 4.68. The number of para-hydroxylation sites is 2. The Hall–Kier alpha value is -1.96. The normalized spacial score (nSPS) is 11.2. The SMILES string of the molecule is CCCCc1ccc2nc3ccccc3nc2c1. The fraction of sp³-hybridized carbons (Fsp3) is 0.250. The molecule has 0 aliphatic carbocycles. The standard InChI is InChI=1S/C16H16N2/c1-2-3-6-12-9-10-15-16(11-12)18-14-8-5-4-7-13(14)17-15/h4-5,7-11H,2-3,6H2,1H3. The van der Waals surface area contributed by atoms with Crippen LogP contribution in [0, 0.1) is 0 Å². The molecule has 1 heterocycles. The Balaban J connectivity index is 2.12. The molecule has 0 aliphatic rings. The topological polar surface area (TPSA) is 25.8 Å². The van der Waals surface area contributed by atoms with Gasteiger partial charge in [-0.1, -0.05) is 31.5 Å². The first-order chi connectivity index (χ1) is 8.86. The van der Waals surface area contributed by atoms with Crippen LogP contribution in [0.5, 0.6) is 0 Å². The lowest BCUT2D eigenvalue weighted by Crippen LogP contribution is -1.90. The third-order valence-corrected chi connectivity index (χ3v) is 3.22. The number of hydrogen-bond donors (Lipinski definition) is 0. The van der Waals surface area contributed by atoms with Crippen LogP contribution in [0.3, 0.4) is 0 Å². The Kier molecular flexibility index (Phi) is 2.93. The van der Waals surface area contributed by atoms with Crippen molar-refractivity contribution in [1.82, 2.24) is 9.97 Å². The van der Waals surface area contributed by atoms with Crippen LogP contribution in [0.2, 0.25) is 0 Å². The van der Waals surface area contributed by atoms with Crippen LogP contribution < -0.4 is 0 Å². The molecule has 2 heteroatoms. The van der Waals surface area contributed by atoms with Gasteiger partial charge in [0.2, 0.25) is 0 Å². The van der Waals surface area contributed by atoms with E-state index in [-0.39, 0.29) is 0 Å². The van der Waals surface area contributed by atoms with Gasteiger partial charge in [0.25, 0.3) is 0 Å². The van der Waals surface area contributed by atoms with E-state index in [1.807, 2.05) is 24.3 Å². The summed E-state index contributed by atoms with van der Waals surface area (Å²) in [5.74, 6) is 0. The summed E-state index contributed by atoms with van der Waals surface area (Å²) >= 11 is 0. The van der Waals surface area contributed by atoms with E-state index in [1.54, 1.807) is 0 Å². The zero-order chi connectivity index (χ0) is 12.4. The van der Waals surface area contributed by atoms with Crippen LogP contribution >= 0.6 is 0 Å². The summed E-state index contributed by atoms with van der Waals surface area (Å²) in [6.07, 6.45) is 3.58. The van der Waals surface area contributed by atoms with Gasteiger partial charge in [0.15, 0.2) is 0 Å².